The standard InChI is InChI=1S/C16H25NO3S/c1-12(2)14(18)16(13-9-7-6-8-10-13)11-17(16)21(19,20)15(3,4)5/h6-10,12,14,18H,11H2,1-5H3. The van der Waals surface area contributed by atoms with Gasteiger partial charge in [0.25, 0.3) is 0 Å². The fraction of sp³-hybridized carbons (Fsp3) is 0.625. The molecule has 1 fully saturated rings. The number of hydrogen-bond donors (Lipinski definition) is 1. The normalized spacial score (nSPS) is 27.7. The van der Waals surface area contributed by atoms with E-state index in [2.05, 4.69) is 0 Å². The lowest BCUT2D eigenvalue weighted by atomic mass is 9.87. The minimum Gasteiger partial charge on any atom is -0.390 e. The lowest BCUT2D eigenvalue weighted by Crippen LogP contribution is -2.42. The summed E-state index contributed by atoms with van der Waals surface area (Å²) in [6, 6.07) is 9.44. The third kappa shape index (κ3) is 2.51. The lowest BCUT2D eigenvalue weighted by molar-refractivity contribution is 0.0725. The Labute approximate surface area is 127 Å². The molecule has 0 aromatic heterocycles. The van der Waals surface area contributed by atoms with Gasteiger partial charge in [-0.25, -0.2) is 8.42 Å². The van der Waals surface area contributed by atoms with Gasteiger partial charge >= 0.3 is 0 Å². The van der Waals surface area contributed by atoms with E-state index in [0.29, 0.717) is 6.54 Å². The minimum absolute atomic E-state index is 0.0228. The molecule has 21 heavy (non-hydrogen) atoms. The van der Waals surface area contributed by atoms with Crippen LogP contribution in [-0.2, 0) is 15.6 Å². The quantitative estimate of drug-likeness (QED) is 0.868. The summed E-state index contributed by atoms with van der Waals surface area (Å²) >= 11 is 0. The first-order chi connectivity index (χ1) is 9.55. The Morgan fingerprint density at radius 2 is 1.71 bits per heavy atom. The minimum atomic E-state index is -3.46. The molecule has 1 heterocycles. The Hall–Kier alpha value is -0.910. The van der Waals surface area contributed by atoms with Crippen LogP contribution in [0.4, 0.5) is 0 Å². The summed E-state index contributed by atoms with van der Waals surface area (Å²) in [5, 5.41) is 10.7. The van der Waals surface area contributed by atoms with E-state index in [1.54, 1.807) is 20.8 Å². The SMILES string of the molecule is CC(C)C(O)C1(c2ccccc2)CN1S(=O)(=O)C(C)(C)C. The average Bonchev–Trinajstić information content (AvgIpc) is 3.14. The number of benzene rings is 1. The predicted molar refractivity (Wildman–Crippen MR) is 84.3 cm³/mol. The number of aliphatic hydroxyl groups is 1. The highest BCUT2D eigenvalue weighted by molar-refractivity contribution is 7.90. The molecule has 1 aromatic rings. The molecule has 0 spiro atoms. The second-order valence-electron chi connectivity index (χ2n) is 7.10. The highest BCUT2D eigenvalue weighted by atomic mass is 32.2. The van der Waals surface area contributed by atoms with Crippen LogP contribution in [0.2, 0.25) is 0 Å². The molecule has 1 N–H and O–H groups in total. The molecule has 1 saturated heterocycles. The van der Waals surface area contributed by atoms with Gasteiger partial charge in [0.1, 0.15) is 5.54 Å². The lowest BCUT2D eigenvalue weighted by Gasteiger charge is -2.29. The van der Waals surface area contributed by atoms with Crippen molar-refractivity contribution in [3.05, 3.63) is 35.9 Å². The number of aliphatic hydroxyl groups excluding tert-OH is 1. The van der Waals surface area contributed by atoms with Crippen molar-refractivity contribution in [3.8, 4) is 0 Å². The topological polar surface area (TPSA) is 57.4 Å². The van der Waals surface area contributed by atoms with Gasteiger partial charge in [0.2, 0.25) is 10.0 Å². The molecule has 2 rings (SSSR count). The third-order valence-electron chi connectivity index (χ3n) is 4.18. The Morgan fingerprint density at radius 3 is 2.14 bits per heavy atom. The predicted octanol–water partition coefficient (Wildman–Crippen LogP) is 2.34. The molecule has 1 aliphatic heterocycles. The van der Waals surface area contributed by atoms with Crippen LogP contribution in [0, 0.1) is 5.92 Å². The zero-order valence-corrected chi connectivity index (χ0v) is 14.2. The fourth-order valence-corrected chi connectivity index (χ4v) is 4.41. The van der Waals surface area contributed by atoms with Gasteiger partial charge in [-0.3, -0.25) is 0 Å². The second kappa shape index (κ2) is 5.07. The zero-order valence-electron chi connectivity index (χ0n) is 13.4. The van der Waals surface area contributed by atoms with E-state index in [-0.39, 0.29) is 5.92 Å². The first-order valence-electron chi connectivity index (χ1n) is 7.31. The third-order valence-corrected chi connectivity index (χ3v) is 6.77. The number of hydrogen-bond acceptors (Lipinski definition) is 3. The summed E-state index contributed by atoms with van der Waals surface area (Å²) in [5.41, 5.74) is 0.0423. The molecule has 4 nitrogen and oxygen atoms in total. The van der Waals surface area contributed by atoms with Crippen molar-refractivity contribution < 1.29 is 13.5 Å². The molecular formula is C16H25NO3S. The van der Waals surface area contributed by atoms with E-state index in [4.69, 9.17) is 0 Å². The Bertz CT molecular complexity index is 604. The van der Waals surface area contributed by atoms with E-state index in [9.17, 15) is 13.5 Å². The van der Waals surface area contributed by atoms with Crippen LogP contribution in [0.3, 0.4) is 0 Å². The van der Waals surface area contributed by atoms with Crippen molar-refractivity contribution >= 4 is 10.0 Å². The van der Waals surface area contributed by atoms with Crippen molar-refractivity contribution in [2.45, 2.75) is 51.0 Å². The second-order valence-corrected chi connectivity index (χ2v) is 9.72. The summed E-state index contributed by atoms with van der Waals surface area (Å²) in [7, 11) is -3.46. The monoisotopic (exact) mass is 311 g/mol. The van der Waals surface area contributed by atoms with Crippen molar-refractivity contribution in [2.24, 2.45) is 5.92 Å². The average molecular weight is 311 g/mol. The molecule has 0 aliphatic carbocycles. The molecule has 0 radical (unpaired) electrons. The van der Waals surface area contributed by atoms with Gasteiger partial charge in [0.15, 0.2) is 0 Å². The van der Waals surface area contributed by atoms with Crippen LogP contribution in [0.15, 0.2) is 30.3 Å². The summed E-state index contributed by atoms with van der Waals surface area (Å²) in [4.78, 5) is 0. The van der Waals surface area contributed by atoms with Crippen molar-refractivity contribution in [1.82, 2.24) is 4.31 Å². The molecule has 3 atom stereocenters. The highest BCUT2D eigenvalue weighted by Crippen LogP contribution is 2.51. The van der Waals surface area contributed by atoms with Gasteiger partial charge < -0.3 is 5.11 Å². The van der Waals surface area contributed by atoms with Gasteiger partial charge in [0.05, 0.1) is 10.9 Å². The van der Waals surface area contributed by atoms with E-state index in [1.807, 2.05) is 44.2 Å². The van der Waals surface area contributed by atoms with Crippen LogP contribution < -0.4 is 0 Å². The van der Waals surface area contributed by atoms with E-state index in [1.165, 1.54) is 4.31 Å². The summed E-state index contributed by atoms with van der Waals surface area (Å²) in [5.74, 6) is -0.0228. The molecule has 0 amide bonds. The van der Waals surface area contributed by atoms with Gasteiger partial charge in [-0.2, -0.15) is 4.31 Å². The zero-order chi connectivity index (χ0) is 16.1. The first kappa shape index (κ1) is 16.5. The molecule has 0 saturated carbocycles. The van der Waals surface area contributed by atoms with Gasteiger partial charge in [-0.15, -0.1) is 0 Å². The largest absolute Gasteiger partial charge is 0.390 e. The Morgan fingerprint density at radius 1 is 1.19 bits per heavy atom. The first-order valence-corrected chi connectivity index (χ1v) is 8.75. The van der Waals surface area contributed by atoms with Crippen LogP contribution in [-0.4, -0.2) is 35.2 Å². The maximum Gasteiger partial charge on any atom is 0.220 e. The summed E-state index contributed by atoms with van der Waals surface area (Å²) < 4.78 is 26.1. The molecule has 118 valence electrons. The van der Waals surface area contributed by atoms with E-state index < -0.39 is 26.4 Å². The van der Waals surface area contributed by atoms with Crippen LogP contribution in [0.1, 0.15) is 40.2 Å². The smallest absolute Gasteiger partial charge is 0.220 e. The van der Waals surface area contributed by atoms with Crippen molar-refractivity contribution in [3.63, 3.8) is 0 Å². The molecule has 1 aliphatic rings. The number of sulfonamides is 1. The molecule has 1 aromatic carbocycles. The van der Waals surface area contributed by atoms with Gasteiger partial charge in [-0.1, -0.05) is 44.2 Å². The van der Waals surface area contributed by atoms with Crippen LogP contribution >= 0.6 is 0 Å². The maximum atomic E-state index is 12.7. The van der Waals surface area contributed by atoms with E-state index in [0.717, 1.165) is 5.56 Å². The Balaban J connectivity index is 2.50. The summed E-state index contributed by atoms with van der Waals surface area (Å²) in [6.45, 7) is 9.25. The van der Waals surface area contributed by atoms with Gasteiger partial charge in [0, 0.05) is 6.54 Å². The van der Waals surface area contributed by atoms with Crippen LogP contribution in [0.25, 0.3) is 0 Å². The van der Waals surface area contributed by atoms with Gasteiger partial charge in [-0.05, 0) is 32.3 Å². The highest BCUT2D eigenvalue weighted by Gasteiger charge is 2.66. The van der Waals surface area contributed by atoms with Crippen molar-refractivity contribution in [2.75, 3.05) is 6.54 Å². The number of nitrogens with zero attached hydrogens (tertiary/aromatic N) is 1. The molecule has 0 bridgehead atoms. The van der Waals surface area contributed by atoms with Crippen molar-refractivity contribution in [1.29, 1.82) is 0 Å². The molecular weight excluding hydrogens is 286 g/mol. The van der Waals surface area contributed by atoms with Crippen LogP contribution in [0.5, 0.6) is 0 Å². The maximum absolute atomic E-state index is 12.7. The molecule has 5 heteroatoms. The Kier molecular flexibility index (Phi) is 3.98. The molecule has 3 unspecified atom stereocenters. The van der Waals surface area contributed by atoms with E-state index >= 15 is 0 Å². The fourth-order valence-electron chi connectivity index (χ4n) is 2.74. The number of rotatable bonds is 4. The summed E-state index contributed by atoms with van der Waals surface area (Å²) in [6.07, 6.45) is -0.725.